The van der Waals surface area contributed by atoms with Crippen molar-refractivity contribution in [1.29, 1.82) is 0 Å². The van der Waals surface area contributed by atoms with Gasteiger partial charge in [0.15, 0.2) is 5.96 Å². The van der Waals surface area contributed by atoms with Gasteiger partial charge in [-0.05, 0) is 49.9 Å². The SMILES string of the molecule is CCNC(=NCc1ccc(C)cc1OCC1CCOC1)NCc1ccccc1COCC. The van der Waals surface area contributed by atoms with Gasteiger partial charge in [-0.3, -0.25) is 0 Å². The molecule has 1 saturated heterocycles. The van der Waals surface area contributed by atoms with Crippen LogP contribution in [0.3, 0.4) is 0 Å². The monoisotopic (exact) mass is 439 g/mol. The third-order valence-corrected chi connectivity index (χ3v) is 5.50. The number of nitrogens with one attached hydrogen (secondary N) is 2. The van der Waals surface area contributed by atoms with E-state index in [4.69, 9.17) is 19.2 Å². The van der Waals surface area contributed by atoms with E-state index in [2.05, 4.69) is 60.9 Å². The Bertz CT molecular complexity index is 863. The van der Waals surface area contributed by atoms with Crippen LogP contribution in [-0.2, 0) is 29.2 Å². The molecule has 1 atom stereocenters. The minimum Gasteiger partial charge on any atom is -0.493 e. The Morgan fingerprint density at radius 3 is 2.69 bits per heavy atom. The lowest BCUT2D eigenvalue weighted by Gasteiger charge is -2.16. The van der Waals surface area contributed by atoms with Gasteiger partial charge in [-0.25, -0.2) is 4.99 Å². The maximum absolute atomic E-state index is 6.17. The van der Waals surface area contributed by atoms with Crippen molar-refractivity contribution in [3.05, 3.63) is 64.7 Å². The van der Waals surface area contributed by atoms with Gasteiger partial charge in [-0.2, -0.15) is 0 Å². The van der Waals surface area contributed by atoms with E-state index in [0.717, 1.165) is 43.5 Å². The van der Waals surface area contributed by atoms with E-state index in [1.165, 1.54) is 16.7 Å². The first-order valence-electron chi connectivity index (χ1n) is 11.7. The summed E-state index contributed by atoms with van der Waals surface area (Å²) in [5, 5.41) is 6.80. The summed E-state index contributed by atoms with van der Waals surface area (Å²) in [4.78, 5) is 4.82. The van der Waals surface area contributed by atoms with E-state index in [1.54, 1.807) is 0 Å². The number of hydrogen-bond donors (Lipinski definition) is 2. The summed E-state index contributed by atoms with van der Waals surface area (Å²) in [5.74, 6) is 2.18. The Morgan fingerprint density at radius 1 is 1.09 bits per heavy atom. The molecule has 1 aliphatic rings. The van der Waals surface area contributed by atoms with Crippen molar-refractivity contribution in [3.8, 4) is 5.75 Å². The third-order valence-electron chi connectivity index (χ3n) is 5.50. The molecule has 0 spiro atoms. The molecule has 2 aromatic rings. The van der Waals surface area contributed by atoms with Gasteiger partial charge < -0.3 is 24.8 Å². The van der Waals surface area contributed by atoms with Crippen molar-refractivity contribution >= 4 is 5.96 Å². The average Bonchev–Trinajstić information content (AvgIpc) is 3.33. The van der Waals surface area contributed by atoms with Gasteiger partial charge >= 0.3 is 0 Å². The molecule has 1 unspecified atom stereocenters. The Hall–Kier alpha value is -2.57. The third kappa shape index (κ3) is 7.53. The molecule has 1 heterocycles. The fraction of sp³-hybridized carbons (Fsp3) is 0.500. The number of aryl methyl sites for hydroxylation is 1. The summed E-state index contributed by atoms with van der Waals surface area (Å²) >= 11 is 0. The van der Waals surface area contributed by atoms with Crippen LogP contribution < -0.4 is 15.4 Å². The quantitative estimate of drug-likeness (QED) is 0.406. The van der Waals surface area contributed by atoms with Crippen LogP contribution in [0, 0.1) is 12.8 Å². The molecule has 0 bridgehead atoms. The molecule has 0 radical (unpaired) electrons. The molecule has 0 amide bonds. The van der Waals surface area contributed by atoms with Gasteiger partial charge in [0.1, 0.15) is 5.75 Å². The van der Waals surface area contributed by atoms with E-state index >= 15 is 0 Å². The van der Waals surface area contributed by atoms with Gasteiger partial charge in [-0.1, -0.05) is 36.4 Å². The first-order chi connectivity index (χ1) is 15.7. The molecule has 2 aromatic carbocycles. The highest BCUT2D eigenvalue weighted by atomic mass is 16.5. The fourth-order valence-electron chi connectivity index (χ4n) is 3.62. The van der Waals surface area contributed by atoms with Crippen LogP contribution in [0.2, 0.25) is 0 Å². The fourth-order valence-corrected chi connectivity index (χ4v) is 3.62. The second-order valence-electron chi connectivity index (χ2n) is 8.11. The first kappa shape index (κ1) is 24.1. The molecule has 32 heavy (non-hydrogen) atoms. The average molecular weight is 440 g/mol. The maximum Gasteiger partial charge on any atom is 0.191 e. The highest BCUT2D eigenvalue weighted by Gasteiger charge is 2.17. The zero-order chi connectivity index (χ0) is 22.6. The van der Waals surface area contributed by atoms with Crippen LogP contribution in [-0.4, -0.2) is 38.9 Å². The number of hydrogen-bond acceptors (Lipinski definition) is 4. The molecule has 6 nitrogen and oxygen atoms in total. The number of benzene rings is 2. The van der Waals surface area contributed by atoms with Crippen LogP contribution >= 0.6 is 0 Å². The van der Waals surface area contributed by atoms with Crippen molar-refractivity contribution < 1.29 is 14.2 Å². The van der Waals surface area contributed by atoms with Gasteiger partial charge in [0.25, 0.3) is 0 Å². The second kappa shape index (κ2) is 13.1. The molecule has 6 heteroatoms. The Labute approximate surface area is 192 Å². The van der Waals surface area contributed by atoms with E-state index in [9.17, 15) is 0 Å². The number of nitrogens with zero attached hydrogens (tertiary/aromatic N) is 1. The summed E-state index contributed by atoms with van der Waals surface area (Å²) in [6, 6.07) is 14.7. The number of ether oxygens (including phenoxy) is 3. The molecule has 1 aliphatic heterocycles. The highest BCUT2D eigenvalue weighted by molar-refractivity contribution is 5.79. The van der Waals surface area contributed by atoms with E-state index in [-0.39, 0.29) is 0 Å². The molecule has 0 aromatic heterocycles. The molecule has 0 aliphatic carbocycles. The molecule has 0 saturated carbocycles. The van der Waals surface area contributed by atoms with Gasteiger partial charge in [0.2, 0.25) is 0 Å². The predicted molar refractivity (Wildman–Crippen MR) is 129 cm³/mol. The zero-order valence-electron chi connectivity index (χ0n) is 19.7. The van der Waals surface area contributed by atoms with Crippen molar-refractivity contribution in [1.82, 2.24) is 10.6 Å². The van der Waals surface area contributed by atoms with Gasteiger partial charge in [0.05, 0.1) is 26.4 Å². The smallest absolute Gasteiger partial charge is 0.191 e. The largest absolute Gasteiger partial charge is 0.493 e. The number of aliphatic imine (C=N–C) groups is 1. The number of rotatable bonds is 11. The highest BCUT2D eigenvalue weighted by Crippen LogP contribution is 2.23. The van der Waals surface area contributed by atoms with Crippen LogP contribution in [0.5, 0.6) is 5.75 Å². The van der Waals surface area contributed by atoms with Crippen molar-refractivity contribution in [2.75, 3.05) is 33.0 Å². The molecular weight excluding hydrogens is 402 g/mol. The van der Waals surface area contributed by atoms with E-state index < -0.39 is 0 Å². The van der Waals surface area contributed by atoms with Gasteiger partial charge in [-0.15, -0.1) is 0 Å². The molecule has 3 rings (SSSR count). The Morgan fingerprint density at radius 2 is 1.94 bits per heavy atom. The molecule has 2 N–H and O–H groups in total. The van der Waals surface area contributed by atoms with Gasteiger partial charge in [0, 0.05) is 37.8 Å². The van der Waals surface area contributed by atoms with E-state index in [0.29, 0.717) is 38.8 Å². The summed E-state index contributed by atoms with van der Waals surface area (Å²) < 4.78 is 17.3. The molecular formula is C26H37N3O3. The Kier molecular flexibility index (Phi) is 9.85. The standard InChI is InChI=1S/C26H37N3O3/c1-4-27-26(28-15-22-8-6-7-9-24(22)19-30-5-2)29-16-23-11-10-20(3)14-25(23)32-18-21-12-13-31-17-21/h6-11,14,21H,4-5,12-13,15-19H2,1-3H3,(H2,27,28,29). The summed E-state index contributed by atoms with van der Waals surface area (Å²) in [6.45, 7) is 11.9. The summed E-state index contributed by atoms with van der Waals surface area (Å²) in [6.07, 6.45) is 1.07. The van der Waals surface area contributed by atoms with Crippen LogP contribution in [0.4, 0.5) is 0 Å². The molecule has 174 valence electrons. The summed E-state index contributed by atoms with van der Waals surface area (Å²) in [5.41, 5.74) is 4.68. The first-order valence-corrected chi connectivity index (χ1v) is 11.7. The van der Waals surface area contributed by atoms with Crippen LogP contribution in [0.25, 0.3) is 0 Å². The van der Waals surface area contributed by atoms with E-state index in [1.807, 2.05) is 13.0 Å². The topological polar surface area (TPSA) is 64.1 Å². The molecule has 1 fully saturated rings. The summed E-state index contributed by atoms with van der Waals surface area (Å²) in [7, 11) is 0. The second-order valence-corrected chi connectivity index (χ2v) is 8.11. The minimum atomic E-state index is 0.475. The lowest BCUT2D eigenvalue weighted by molar-refractivity contribution is 0.133. The lowest BCUT2D eigenvalue weighted by atomic mass is 10.1. The maximum atomic E-state index is 6.17. The normalized spacial score (nSPS) is 16.2. The van der Waals surface area contributed by atoms with Crippen molar-refractivity contribution in [2.24, 2.45) is 10.9 Å². The number of guanidine groups is 1. The Balaban J connectivity index is 1.64. The predicted octanol–water partition coefficient (Wildman–Crippen LogP) is 4.20. The zero-order valence-corrected chi connectivity index (χ0v) is 19.7. The lowest BCUT2D eigenvalue weighted by Crippen LogP contribution is -2.37. The van der Waals surface area contributed by atoms with Crippen molar-refractivity contribution in [2.45, 2.75) is 46.9 Å². The van der Waals surface area contributed by atoms with Crippen molar-refractivity contribution in [3.63, 3.8) is 0 Å². The minimum absolute atomic E-state index is 0.475. The van der Waals surface area contributed by atoms with Crippen LogP contribution in [0.1, 0.15) is 42.5 Å². The van der Waals surface area contributed by atoms with Crippen LogP contribution in [0.15, 0.2) is 47.5 Å².